The molecule has 0 unspecified atom stereocenters. The Hall–Kier alpha value is -1.28. The molecule has 0 saturated carbocycles. The molecular weight excluding hydrogens is 232 g/mol. The van der Waals surface area contributed by atoms with E-state index in [0.29, 0.717) is 0 Å². The molecule has 0 atom stereocenters. The van der Waals surface area contributed by atoms with Crippen molar-refractivity contribution in [1.29, 1.82) is 0 Å². The summed E-state index contributed by atoms with van der Waals surface area (Å²) in [5, 5.41) is 0. The van der Waals surface area contributed by atoms with Crippen LogP contribution in [0.15, 0.2) is 43.2 Å². The summed E-state index contributed by atoms with van der Waals surface area (Å²) >= 11 is 0. The minimum Gasteiger partial charge on any atom is -1.00 e. The third-order valence-corrected chi connectivity index (χ3v) is 2.86. The zero-order chi connectivity index (χ0) is 11.4. The average molecular weight is 251 g/mol. The van der Waals surface area contributed by atoms with Crippen LogP contribution >= 0.6 is 0 Å². The maximum absolute atomic E-state index is 3.80. The first-order chi connectivity index (χ1) is 7.86. The van der Waals surface area contributed by atoms with Gasteiger partial charge in [0, 0.05) is 0 Å². The van der Waals surface area contributed by atoms with Gasteiger partial charge in [0.25, 0.3) is 0 Å². The molecule has 0 radical (unpaired) electrons. The Morgan fingerprint density at radius 1 is 1.35 bits per heavy atom. The number of aryl methyl sites for hydroxylation is 1. The van der Waals surface area contributed by atoms with Crippen LogP contribution in [-0.2, 0) is 13.1 Å². The summed E-state index contributed by atoms with van der Waals surface area (Å²) in [5.41, 5.74) is 2.61. The van der Waals surface area contributed by atoms with Crippen LogP contribution in [-0.4, -0.2) is 4.57 Å². The lowest BCUT2D eigenvalue weighted by Gasteiger charge is -1.94. The summed E-state index contributed by atoms with van der Waals surface area (Å²) < 4.78 is 4.58. The molecule has 0 saturated heterocycles. The molecule has 2 rings (SSSR count). The van der Waals surface area contributed by atoms with E-state index in [9.17, 15) is 0 Å². The number of hydrogen-bond acceptors (Lipinski definition) is 0. The number of allylic oxidation sites excluding steroid dienone is 1. The first kappa shape index (κ1) is 13.8. The molecule has 0 N–H and O–H groups in total. The maximum atomic E-state index is 3.80. The van der Waals surface area contributed by atoms with Crippen LogP contribution in [0.4, 0.5) is 0 Å². The van der Waals surface area contributed by atoms with Gasteiger partial charge in [0.05, 0.1) is 6.54 Å². The van der Waals surface area contributed by atoms with Crippen molar-refractivity contribution in [3.8, 4) is 0 Å². The number of benzene rings is 1. The van der Waals surface area contributed by atoms with Crippen LogP contribution in [0.3, 0.4) is 0 Å². The van der Waals surface area contributed by atoms with Crippen LogP contribution in [0, 0.1) is 0 Å². The number of hydrogen-bond donors (Lipinski definition) is 0. The SMILES string of the molecule is C=CCn1c[n+](CCCC)c2ccccc21.[Cl-]. The van der Waals surface area contributed by atoms with Gasteiger partial charge in [-0.05, 0) is 18.6 Å². The van der Waals surface area contributed by atoms with E-state index >= 15 is 0 Å². The molecule has 0 bridgehead atoms. The second kappa shape index (κ2) is 6.45. The number of aromatic nitrogens is 2. The lowest BCUT2D eigenvalue weighted by atomic mass is 10.3. The Morgan fingerprint density at radius 2 is 2.12 bits per heavy atom. The lowest BCUT2D eigenvalue weighted by Crippen LogP contribution is -3.00. The van der Waals surface area contributed by atoms with Crippen molar-refractivity contribution in [2.24, 2.45) is 0 Å². The third-order valence-electron chi connectivity index (χ3n) is 2.86. The van der Waals surface area contributed by atoms with Gasteiger partial charge in [-0.25, -0.2) is 9.13 Å². The van der Waals surface area contributed by atoms with Crippen molar-refractivity contribution in [1.82, 2.24) is 4.57 Å². The highest BCUT2D eigenvalue weighted by Gasteiger charge is 2.12. The lowest BCUT2D eigenvalue weighted by molar-refractivity contribution is -0.672. The van der Waals surface area contributed by atoms with Gasteiger partial charge < -0.3 is 12.4 Å². The molecule has 1 aromatic heterocycles. The van der Waals surface area contributed by atoms with E-state index in [2.05, 4.69) is 53.2 Å². The van der Waals surface area contributed by atoms with E-state index in [1.54, 1.807) is 0 Å². The van der Waals surface area contributed by atoms with Gasteiger partial charge in [-0.1, -0.05) is 38.1 Å². The van der Waals surface area contributed by atoms with E-state index in [0.717, 1.165) is 13.1 Å². The standard InChI is InChI=1S/C14H19N2.ClH/c1-3-5-11-16-12-15(10-4-2)13-8-6-7-9-14(13)16;/h4,6-9,12H,2-3,5,10-11H2,1H3;1H/q+1;/p-1. The molecule has 1 heterocycles. The summed E-state index contributed by atoms with van der Waals surface area (Å²) in [6, 6.07) is 8.54. The quantitative estimate of drug-likeness (QED) is 0.519. The smallest absolute Gasteiger partial charge is 0.245 e. The molecule has 92 valence electrons. The highest BCUT2D eigenvalue weighted by molar-refractivity contribution is 5.71. The summed E-state index contributed by atoms with van der Waals surface area (Å²) in [4.78, 5) is 0. The van der Waals surface area contributed by atoms with Gasteiger partial charge >= 0.3 is 0 Å². The molecule has 2 aromatic rings. The summed E-state index contributed by atoms with van der Waals surface area (Å²) in [5.74, 6) is 0. The molecule has 0 aliphatic heterocycles. The Labute approximate surface area is 109 Å². The predicted molar refractivity (Wildman–Crippen MR) is 67.2 cm³/mol. The number of unbranched alkanes of at least 4 members (excludes halogenated alkanes) is 1. The topological polar surface area (TPSA) is 8.81 Å². The number of rotatable bonds is 5. The average Bonchev–Trinajstić information content (AvgIpc) is 2.66. The monoisotopic (exact) mass is 250 g/mol. The number of imidazole rings is 1. The van der Waals surface area contributed by atoms with Crippen LogP contribution < -0.4 is 17.0 Å². The van der Waals surface area contributed by atoms with Crippen LogP contribution in [0.2, 0.25) is 0 Å². The molecule has 0 spiro atoms. The Bertz CT molecular complexity index is 488. The maximum Gasteiger partial charge on any atom is 0.245 e. The predicted octanol–water partition coefficient (Wildman–Crippen LogP) is -0.0811. The van der Waals surface area contributed by atoms with Crippen LogP contribution in [0.5, 0.6) is 0 Å². The molecule has 0 fully saturated rings. The van der Waals surface area contributed by atoms with E-state index in [4.69, 9.17) is 0 Å². The Morgan fingerprint density at radius 3 is 2.82 bits per heavy atom. The van der Waals surface area contributed by atoms with Crippen molar-refractivity contribution in [2.75, 3.05) is 0 Å². The fourth-order valence-corrected chi connectivity index (χ4v) is 2.03. The Kier molecular flexibility index (Phi) is 5.23. The number of nitrogens with zero attached hydrogens (tertiary/aromatic N) is 2. The first-order valence-electron chi connectivity index (χ1n) is 5.95. The van der Waals surface area contributed by atoms with Gasteiger partial charge in [0.2, 0.25) is 6.33 Å². The molecule has 1 aromatic carbocycles. The summed E-state index contributed by atoms with van der Waals surface area (Å²) in [7, 11) is 0. The van der Waals surface area contributed by atoms with Crippen molar-refractivity contribution < 1.29 is 17.0 Å². The van der Waals surface area contributed by atoms with Crippen LogP contribution in [0.25, 0.3) is 11.0 Å². The normalized spacial score (nSPS) is 10.2. The molecule has 17 heavy (non-hydrogen) atoms. The zero-order valence-corrected chi connectivity index (χ0v) is 11.0. The summed E-state index contributed by atoms with van der Waals surface area (Å²) in [6.45, 7) is 8.00. The fraction of sp³-hybridized carbons (Fsp3) is 0.357. The zero-order valence-electron chi connectivity index (χ0n) is 10.3. The van der Waals surface area contributed by atoms with Crippen molar-refractivity contribution in [3.05, 3.63) is 43.2 Å². The number of para-hydroxylation sites is 2. The largest absolute Gasteiger partial charge is 1.00 e. The van der Waals surface area contributed by atoms with E-state index < -0.39 is 0 Å². The molecule has 2 nitrogen and oxygen atoms in total. The van der Waals surface area contributed by atoms with Crippen molar-refractivity contribution in [3.63, 3.8) is 0 Å². The highest BCUT2D eigenvalue weighted by atomic mass is 35.5. The first-order valence-corrected chi connectivity index (χ1v) is 5.95. The van der Waals surface area contributed by atoms with Crippen molar-refractivity contribution >= 4 is 11.0 Å². The molecule has 0 aliphatic rings. The fourth-order valence-electron chi connectivity index (χ4n) is 2.03. The second-order valence-corrected chi connectivity index (χ2v) is 4.09. The number of halogens is 1. The van der Waals surface area contributed by atoms with Crippen molar-refractivity contribution in [2.45, 2.75) is 32.9 Å². The molecule has 0 aliphatic carbocycles. The van der Waals surface area contributed by atoms with E-state index in [-0.39, 0.29) is 12.4 Å². The molecular formula is C14H19ClN2. The highest BCUT2D eigenvalue weighted by Crippen LogP contribution is 2.10. The Balaban J connectivity index is 0.00000144. The van der Waals surface area contributed by atoms with Gasteiger partial charge in [0.1, 0.15) is 6.54 Å². The number of fused-ring (bicyclic) bond motifs is 1. The molecule has 0 amide bonds. The van der Waals surface area contributed by atoms with E-state index in [1.807, 2.05) is 6.08 Å². The minimum absolute atomic E-state index is 0. The van der Waals surface area contributed by atoms with Gasteiger partial charge in [-0.15, -0.1) is 0 Å². The van der Waals surface area contributed by atoms with Gasteiger partial charge in [-0.2, -0.15) is 0 Å². The molecule has 3 heteroatoms. The minimum atomic E-state index is 0. The van der Waals surface area contributed by atoms with E-state index in [1.165, 1.54) is 23.9 Å². The third kappa shape index (κ3) is 2.89. The van der Waals surface area contributed by atoms with Crippen LogP contribution in [0.1, 0.15) is 19.8 Å². The van der Waals surface area contributed by atoms with Gasteiger partial charge in [-0.3, -0.25) is 0 Å². The second-order valence-electron chi connectivity index (χ2n) is 4.09. The summed E-state index contributed by atoms with van der Waals surface area (Å²) in [6.07, 6.45) is 6.60. The van der Waals surface area contributed by atoms with Gasteiger partial charge in [0.15, 0.2) is 11.0 Å².